The van der Waals surface area contributed by atoms with Crippen LogP contribution in [0.3, 0.4) is 0 Å². The van der Waals surface area contributed by atoms with Crippen LogP contribution in [0.2, 0.25) is 5.02 Å². The van der Waals surface area contributed by atoms with E-state index in [1.807, 2.05) is 6.92 Å². The van der Waals surface area contributed by atoms with Gasteiger partial charge in [-0.2, -0.15) is 4.31 Å². The molecule has 1 aromatic rings. The van der Waals surface area contributed by atoms with Crippen LogP contribution in [-0.4, -0.2) is 25.8 Å². The highest BCUT2D eigenvalue weighted by Crippen LogP contribution is 2.37. The fourth-order valence-corrected chi connectivity index (χ4v) is 3.86. The second kappa shape index (κ2) is 4.79. The van der Waals surface area contributed by atoms with Crippen molar-refractivity contribution in [1.82, 2.24) is 4.31 Å². The first-order valence-electron chi connectivity index (χ1n) is 5.77. The first-order chi connectivity index (χ1) is 8.34. The number of sulfonamides is 1. The first-order valence-corrected chi connectivity index (χ1v) is 7.59. The van der Waals surface area contributed by atoms with Gasteiger partial charge in [0.1, 0.15) is 10.7 Å². The van der Waals surface area contributed by atoms with Crippen molar-refractivity contribution in [2.24, 2.45) is 5.92 Å². The minimum atomic E-state index is -3.66. The maximum Gasteiger partial charge on any atom is 0.244 e. The van der Waals surface area contributed by atoms with Gasteiger partial charge in [0.2, 0.25) is 10.0 Å². The van der Waals surface area contributed by atoms with Crippen molar-refractivity contribution >= 4 is 21.6 Å². The quantitative estimate of drug-likeness (QED) is 0.855. The Hall–Kier alpha value is -0.650. The summed E-state index contributed by atoms with van der Waals surface area (Å²) in [6.45, 7) is 1.88. The highest BCUT2D eigenvalue weighted by molar-refractivity contribution is 7.89. The molecule has 0 amide bonds. The van der Waals surface area contributed by atoms with E-state index in [1.54, 1.807) is 0 Å². The summed E-state index contributed by atoms with van der Waals surface area (Å²) in [5.74, 6) is -0.124. The maximum absolute atomic E-state index is 12.9. The molecular formula is C12H15ClFNO2S. The molecule has 0 bridgehead atoms. The van der Waals surface area contributed by atoms with Gasteiger partial charge in [-0.05, 0) is 43.9 Å². The number of rotatable bonds is 4. The Kier molecular flexibility index (Phi) is 3.67. The van der Waals surface area contributed by atoms with Crippen LogP contribution in [0.5, 0.6) is 0 Å². The number of nitrogens with zero attached hydrogens (tertiary/aromatic N) is 1. The summed E-state index contributed by atoms with van der Waals surface area (Å²) >= 11 is 5.81. The lowest BCUT2D eigenvalue weighted by Gasteiger charge is -2.24. The Balaban J connectivity index is 2.34. The molecule has 1 unspecified atom stereocenters. The predicted molar refractivity (Wildman–Crippen MR) is 68.5 cm³/mol. The molecule has 0 saturated heterocycles. The summed E-state index contributed by atoms with van der Waals surface area (Å²) in [4.78, 5) is -0.0411. The van der Waals surface area contributed by atoms with Crippen LogP contribution in [0.25, 0.3) is 0 Å². The summed E-state index contributed by atoms with van der Waals surface area (Å²) in [5.41, 5.74) is 0. The summed E-state index contributed by atoms with van der Waals surface area (Å²) in [6, 6.07) is 3.28. The minimum Gasteiger partial charge on any atom is -0.207 e. The molecule has 1 saturated carbocycles. The van der Waals surface area contributed by atoms with Gasteiger partial charge < -0.3 is 0 Å². The Bertz CT molecular complexity index is 557. The van der Waals surface area contributed by atoms with E-state index >= 15 is 0 Å². The second-order valence-corrected chi connectivity index (χ2v) is 7.05. The van der Waals surface area contributed by atoms with Gasteiger partial charge in [0, 0.05) is 13.1 Å². The van der Waals surface area contributed by atoms with Crippen LogP contribution in [0.1, 0.15) is 19.8 Å². The Morgan fingerprint density at radius 2 is 2.06 bits per heavy atom. The lowest BCUT2D eigenvalue weighted by atomic mass is 10.2. The van der Waals surface area contributed by atoms with Crippen molar-refractivity contribution < 1.29 is 12.8 Å². The molecular weight excluding hydrogens is 277 g/mol. The lowest BCUT2D eigenvalue weighted by molar-refractivity contribution is 0.357. The maximum atomic E-state index is 12.9. The van der Waals surface area contributed by atoms with Gasteiger partial charge in [-0.15, -0.1) is 0 Å². The molecule has 1 aromatic carbocycles. The van der Waals surface area contributed by atoms with Gasteiger partial charge in [-0.3, -0.25) is 0 Å². The molecule has 1 aliphatic carbocycles. The van der Waals surface area contributed by atoms with Crippen LogP contribution in [0, 0.1) is 11.7 Å². The average molecular weight is 292 g/mol. The van der Waals surface area contributed by atoms with Gasteiger partial charge in [0.05, 0.1) is 5.02 Å². The Morgan fingerprint density at radius 3 is 2.56 bits per heavy atom. The monoisotopic (exact) mass is 291 g/mol. The normalized spacial score (nSPS) is 18.1. The summed E-state index contributed by atoms with van der Waals surface area (Å²) in [5, 5.41) is -0.0788. The van der Waals surface area contributed by atoms with Gasteiger partial charge in [-0.1, -0.05) is 11.6 Å². The van der Waals surface area contributed by atoms with Crippen LogP contribution in [0.4, 0.5) is 4.39 Å². The number of halogens is 2. The average Bonchev–Trinajstić information content (AvgIpc) is 3.10. The minimum absolute atomic E-state index is 0.0411. The fourth-order valence-electron chi connectivity index (χ4n) is 1.93. The van der Waals surface area contributed by atoms with E-state index in [-0.39, 0.29) is 16.0 Å². The number of hydrogen-bond acceptors (Lipinski definition) is 2. The van der Waals surface area contributed by atoms with Crippen LogP contribution >= 0.6 is 11.6 Å². The molecule has 2 rings (SSSR count). The second-order valence-electron chi connectivity index (χ2n) is 4.67. The molecule has 0 aromatic heterocycles. The molecule has 3 nitrogen and oxygen atoms in total. The fraction of sp³-hybridized carbons (Fsp3) is 0.500. The molecule has 0 heterocycles. The van der Waals surface area contributed by atoms with E-state index < -0.39 is 15.8 Å². The zero-order chi connectivity index (χ0) is 13.5. The lowest BCUT2D eigenvalue weighted by Crippen LogP contribution is -2.36. The topological polar surface area (TPSA) is 37.4 Å². The third-order valence-corrected chi connectivity index (χ3v) is 5.86. The van der Waals surface area contributed by atoms with Crippen LogP contribution in [-0.2, 0) is 10.0 Å². The molecule has 0 N–H and O–H groups in total. The largest absolute Gasteiger partial charge is 0.244 e. The van der Waals surface area contributed by atoms with Gasteiger partial charge in [0.25, 0.3) is 0 Å². The molecule has 0 spiro atoms. The molecule has 0 radical (unpaired) electrons. The van der Waals surface area contributed by atoms with Gasteiger partial charge >= 0.3 is 0 Å². The van der Waals surface area contributed by atoms with Gasteiger partial charge in [0.15, 0.2) is 0 Å². The Labute approximate surface area is 112 Å². The standard InChI is InChI=1S/C12H15ClFNO2S/c1-8(9-3-4-9)15(2)18(16,17)12-6-5-10(14)7-11(12)13/h5-9H,3-4H2,1-2H3. The molecule has 1 fully saturated rings. The number of hydrogen-bond donors (Lipinski definition) is 0. The molecule has 100 valence electrons. The van der Waals surface area contributed by atoms with Crippen LogP contribution in [0.15, 0.2) is 23.1 Å². The zero-order valence-corrected chi connectivity index (χ0v) is 11.8. The number of benzene rings is 1. The third-order valence-electron chi connectivity index (χ3n) is 3.43. The van der Waals surface area contributed by atoms with E-state index in [0.29, 0.717) is 5.92 Å². The molecule has 18 heavy (non-hydrogen) atoms. The van der Waals surface area contributed by atoms with E-state index in [9.17, 15) is 12.8 Å². The molecule has 1 aliphatic rings. The molecule has 1 atom stereocenters. The highest BCUT2D eigenvalue weighted by Gasteiger charge is 2.36. The van der Waals surface area contributed by atoms with E-state index in [0.717, 1.165) is 25.0 Å². The Morgan fingerprint density at radius 1 is 1.44 bits per heavy atom. The predicted octanol–water partition coefficient (Wildman–Crippen LogP) is 2.90. The van der Waals surface area contributed by atoms with Crippen molar-refractivity contribution in [3.63, 3.8) is 0 Å². The first kappa shape index (κ1) is 13.8. The molecule has 6 heteroatoms. The SMILES string of the molecule is CC(C1CC1)N(C)S(=O)(=O)c1ccc(F)cc1Cl. The van der Waals surface area contributed by atoms with Crippen molar-refractivity contribution in [1.29, 1.82) is 0 Å². The summed E-state index contributed by atoms with van der Waals surface area (Å²) in [6.07, 6.45) is 2.11. The smallest absolute Gasteiger partial charge is 0.207 e. The zero-order valence-electron chi connectivity index (χ0n) is 10.2. The van der Waals surface area contributed by atoms with Crippen LogP contribution < -0.4 is 0 Å². The van der Waals surface area contributed by atoms with E-state index in [2.05, 4.69) is 0 Å². The highest BCUT2D eigenvalue weighted by atomic mass is 35.5. The van der Waals surface area contributed by atoms with E-state index in [4.69, 9.17) is 11.6 Å². The van der Waals surface area contributed by atoms with Crippen molar-refractivity contribution in [2.75, 3.05) is 7.05 Å². The summed E-state index contributed by atoms with van der Waals surface area (Å²) < 4.78 is 39.0. The van der Waals surface area contributed by atoms with Crippen molar-refractivity contribution in [3.8, 4) is 0 Å². The molecule has 0 aliphatic heterocycles. The summed E-state index contributed by atoms with van der Waals surface area (Å²) in [7, 11) is -2.12. The third kappa shape index (κ3) is 2.53. The van der Waals surface area contributed by atoms with Crippen molar-refractivity contribution in [2.45, 2.75) is 30.7 Å². The van der Waals surface area contributed by atoms with Gasteiger partial charge in [-0.25, -0.2) is 12.8 Å². The van der Waals surface area contributed by atoms with E-state index in [1.165, 1.54) is 17.4 Å². The van der Waals surface area contributed by atoms with Crippen molar-refractivity contribution in [3.05, 3.63) is 29.0 Å².